The highest BCUT2D eigenvalue weighted by Crippen LogP contribution is 2.41. The number of alkyl halides is 3. The minimum atomic E-state index is -4.05. The Labute approximate surface area is 126 Å². The molecule has 114 valence electrons. The number of halogens is 4. The Kier molecular flexibility index (Phi) is 5.37. The smallest absolute Gasteiger partial charge is 0.316 e. The van der Waals surface area contributed by atoms with Crippen molar-refractivity contribution in [2.45, 2.75) is 44.3 Å². The van der Waals surface area contributed by atoms with E-state index < -0.39 is 12.1 Å². The van der Waals surface area contributed by atoms with Gasteiger partial charge in [-0.2, -0.15) is 13.2 Å². The Morgan fingerprint density at radius 2 is 2.15 bits per heavy atom. The molecule has 6 heteroatoms. The van der Waals surface area contributed by atoms with Crippen LogP contribution in [0.15, 0.2) is 12.1 Å². The van der Waals surface area contributed by atoms with Crippen LogP contribution in [0.1, 0.15) is 30.6 Å². The van der Waals surface area contributed by atoms with Crippen molar-refractivity contribution in [2.75, 3.05) is 7.05 Å². The zero-order valence-corrected chi connectivity index (χ0v) is 12.9. The molecule has 1 aliphatic rings. The van der Waals surface area contributed by atoms with Crippen LogP contribution in [0.5, 0.6) is 0 Å². The van der Waals surface area contributed by atoms with Crippen molar-refractivity contribution in [3.05, 3.63) is 21.3 Å². The zero-order valence-electron chi connectivity index (χ0n) is 11.3. The molecule has 1 fully saturated rings. The van der Waals surface area contributed by atoms with E-state index in [-0.39, 0.29) is 24.8 Å². The molecule has 0 aromatic carbocycles. The quantitative estimate of drug-likeness (QED) is 0.830. The molecule has 2 rings (SSSR count). The Balaban J connectivity index is 2.00. The lowest BCUT2D eigenvalue weighted by Crippen LogP contribution is -2.40. The minimum Gasteiger partial charge on any atom is -0.316 e. The van der Waals surface area contributed by atoms with Crippen LogP contribution in [0.4, 0.5) is 13.2 Å². The number of likely N-dealkylation sites (N-methyl/N-ethyl adjacent to an activating group) is 1. The Morgan fingerprint density at radius 1 is 1.40 bits per heavy atom. The van der Waals surface area contributed by atoms with Crippen LogP contribution >= 0.6 is 22.9 Å². The maximum Gasteiger partial charge on any atom is 0.391 e. The van der Waals surface area contributed by atoms with Gasteiger partial charge in [0.25, 0.3) is 0 Å². The first-order chi connectivity index (χ1) is 9.40. The summed E-state index contributed by atoms with van der Waals surface area (Å²) in [4.78, 5) is 1.13. The summed E-state index contributed by atoms with van der Waals surface area (Å²) in [5.74, 6) is -1.05. The second-order valence-corrected chi connectivity index (χ2v) is 7.27. The van der Waals surface area contributed by atoms with E-state index in [1.807, 2.05) is 19.2 Å². The van der Waals surface area contributed by atoms with E-state index in [1.54, 1.807) is 0 Å². The van der Waals surface area contributed by atoms with Crippen molar-refractivity contribution in [1.29, 1.82) is 0 Å². The van der Waals surface area contributed by atoms with Crippen LogP contribution in [0.2, 0.25) is 4.34 Å². The summed E-state index contributed by atoms with van der Waals surface area (Å²) in [6.07, 6.45) is -1.24. The normalized spacial score (nSPS) is 25.6. The monoisotopic (exact) mass is 325 g/mol. The van der Waals surface area contributed by atoms with E-state index in [9.17, 15) is 13.2 Å². The molecule has 0 amide bonds. The molecule has 0 aliphatic heterocycles. The summed E-state index contributed by atoms with van der Waals surface area (Å²) >= 11 is 7.41. The molecule has 1 N–H and O–H groups in total. The molecule has 0 radical (unpaired) electrons. The van der Waals surface area contributed by atoms with Gasteiger partial charge >= 0.3 is 6.18 Å². The van der Waals surface area contributed by atoms with Gasteiger partial charge in [0.1, 0.15) is 0 Å². The molecule has 1 heterocycles. The van der Waals surface area contributed by atoms with Crippen molar-refractivity contribution in [3.8, 4) is 0 Å². The lowest BCUT2D eigenvalue weighted by molar-refractivity contribution is -0.186. The van der Waals surface area contributed by atoms with Gasteiger partial charge in [-0.3, -0.25) is 0 Å². The lowest BCUT2D eigenvalue weighted by atomic mass is 9.76. The second-order valence-electron chi connectivity index (χ2n) is 5.47. The number of thiophene rings is 1. The van der Waals surface area contributed by atoms with Gasteiger partial charge in [-0.05, 0) is 50.8 Å². The zero-order chi connectivity index (χ0) is 14.8. The third kappa shape index (κ3) is 4.12. The first-order valence-electron chi connectivity index (χ1n) is 6.88. The topological polar surface area (TPSA) is 12.0 Å². The maximum atomic E-state index is 12.9. The molecule has 1 saturated carbocycles. The summed E-state index contributed by atoms with van der Waals surface area (Å²) in [6, 6.07) is 3.89. The molecule has 1 nitrogen and oxygen atoms in total. The molecule has 0 saturated heterocycles. The van der Waals surface area contributed by atoms with Gasteiger partial charge in [-0.25, -0.2) is 0 Å². The van der Waals surface area contributed by atoms with Crippen LogP contribution < -0.4 is 5.32 Å². The summed E-state index contributed by atoms with van der Waals surface area (Å²) in [7, 11) is 1.83. The van der Waals surface area contributed by atoms with Crippen LogP contribution in [-0.4, -0.2) is 19.3 Å². The highest BCUT2D eigenvalue weighted by atomic mass is 35.5. The molecule has 0 spiro atoms. The van der Waals surface area contributed by atoms with Gasteiger partial charge < -0.3 is 5.32 Å². The van der Waals surface area contributed by atoms with Crippen LogP contribution in [0, 0.1) is 11.8 Å². The molecule has 3 unspecified atom stereocenters. The van der Waals surface area contributed by atoms with Gasteiger partial charge in [0.2, 0.25) is 0 Å². The minimum absolute atomic E-state index is 0.0845. The van der Waals surface area contributed by atoms with E-state index in [0.717, 1.165) is 22.1 Å². The lowest BCUT2D eigenvalue weighted by Gasteiger charge is -2.35. The van der Waals surface area contributed by atoms with Gasteiger partial charge in [0, 0.05) is 10.9 Å². The number of nitrogens with one attached hydrogen (secondary N) is 1. The molecule has 1 aliphatic carbocycles. The van der Waals surface area contributed by atoms with Crippen LogP contribution in [0.3, 0.4) is 0 Å². The van der Waals surface area contributed by atoms with Crippen molar-refractivity contribution in [1.82, 2.24) is 5.32 Å². The second kappa shape index (κ2) is 6.67. The van der Waals surface area contributed by atoms with Gasteiger partial charge in [-0.15, -0.1) is 11.3 Å². The van der Waals surface area contributed by atoms with E-state index >= 15 is 0 Å². The summed E-state index contributed by atoms with van der Waals surface area (Å²) in [6.45, 7) is 0. The average Bonchev–Trinajstić information content (AvgIpc) is 2.81. The first-order valence-corrected chi connectivity index (χ1v) is 8.07. The Bertz CT molecular complexity index is 432. The largest absolute Gasteiger partial charge is 0.391 e. The van der Waals surface area contributed by atoms with Crippen molar-refractivity contribution < 1.29 is 13.2 Å². The van der Waals surface area contributed by atoms with Crippen LogP contribution in [0.25, 0.3) is 0 Å². The fraction of sp³-hybridized carbons (Fsp3) is 0.714. The Morgan fingerprint density at radius 3 is 2.70 bits per heavy atom. The van der Waals surface area contributed by atoms with Crippen molar-refractivity contribution >= 4 is 22.9 Å². The molecule has 1 aromatic rings. The molecule has 0 bridgehead atoms. The summed E-state index contributed by atoms with van der Waals surface area (Å²) in [5.41, 5.74) is 0. The molecule has 20 heavy (non-hydrogen) atoms. The highest BCUT2D eigenvalue weighted by molar-refractivity contribution is 7.16. The SMILES string of the molecule is CNC(Cc1ccc(Cl)s1)C1CCCC(C(F)(F)F)C1. The van der Waals surface area contributed by atoms with Gasteiger partial charge in [0.15, 0.2) is 0 Å². The first kappa shape index (κ1) is 16.1. The van der Waals surface area contributed by atoms with Gasteiger partial charge in [-0.1, -0.05) is 18.0 Å². The van der Waals surface area contributed by atoms with Crippen molar-refractivity contribution in [3.63, 3.8) is 0 Å². The van der Waals surface area contributed by atoms with E-state index in [2.05, 4.69) is 5.32 Å². The third-order valence-electron chi connectivity index (χ3n) is 4.17. The summed E-state index contributed by atoms with van der Waals surface area (Å²) in [5, 5.41) is 3.20. The molecule has 1 aromatic heterocycles. The molecule has 3 atom stereocenters. The van der Waals surface area contributed by atoms with Crippen LogP contribution in [-0.2, 0) is 6.42 Å². The van der Waals surface area contributed by atoms with E-state index in [4.69, 9.17) is 11.6 Å². The fourth-order valence-electron chi connectivity index (χ4n) is 3.07. The fourth-order valence-corrected chi connectivity index (χ4v) is 4.22. The van der Waals surface area contributed by atoms with Crippen molar-refractivity contribution in [2.24, 2.45) is 11.8 Å². The predicted molar refractivity (Wildman–Crippen MR) is 77.4 cm³/mol. The molecular formula is C14H19ClF3NS. The predicted octanol–water partition coefficient (Wildman–Crippen LogP) is 4.90. The third-order valence-corrected chi connectivity index (χ3v) is 5.42. The highest BCUT2D eigenvalue weighted by Gasteiger charge is 2.43. The summed E-state index contributed by atoms with van der Waals surface area (Å²) < 4.78 is 39.4. The molecular weight excluding hydrogens is 307 g/mol. The van der Waals surface area contributed by atoms with E-state index in [1.165, 1.54) is 11.3 Å². The Hall–Kier alpha value is -0.260. The number of hydrogen-bond acceptors (Lipinski definition) is 2. The van der Waals surface area contributed by atoms with Gasteiger partial charge in [0.05, 0.1) is 10.3 Å². The standard InChI is InChI=1S/C14H19ClF3NS/c1-19-12(8-11-5-6-13(15)20-11)9-3-2-4-10(7-9)14(16,17)18/h5-6,9-10,12,19H,2-4,7-8H2,1H3. The number of rotatable bonds is 4. The average molecular weight is 326 g/mol. The number of hydrogen-bond donors (Lipinski definition) is 1. The van der Waals surface area contributed by atoms with E-state index in [0.29, 0.717) is 6.42 Å². The maximum absolute atomic E-state index is 12.9.